The summed E-state index contributed by atoms with van der Waals surface area (Å²) in [4.78, 5) is 46.7. The fourth-order valence-electron chi connectivity index (χ4n) is 4.20. The third-order valence-corrected chi connectivity index (χ3v) is 6.26. The lowest BCUT2D eigenvalue weighted by Crippen LogP contribution is -2.39. The number of piperidine rings is 1. The minimum Gasteiger partial charge on any atom is -0.376 e. The second-order valence-corrected chi connectivity index (χ2v) is 8.64. The fourth-order valence-corrected chi connectivity index (χ4v) is 4.33. The van der Waals surface area contributed by atoms with E-state index in [9.17, 15) is 14.4 Å². The first kappa shape index (κ1) is 21.9. The summed E-state index contributed by atoms with van der Waals surface area (Å²) in [5, 5.41) is 0.619. The summed E-state index contributed by atoms with van der Waals surface area (Å²) in [5.41, 5.74) is 1.90. The van der Waals surface area contributed by atoms with Crippen molar-refractivity contribution >= 4 is 23.2 Å². The van der Waals surface area contributed by atoms with Crippen LogP contribution in [0.5, 0.6) is 0 Å². The van der Waals surface area contributed by atoms with E-state index in [1.807, 2.05) is 0 Å². The van der Waals surface area contributed by atoms with Crippen molar-refractivity contribution in [3.8, 4) is 0 Å². The number of hydrogen-bond donors (Lipinski definition) is 1. The van der Waals surface area contributed by atoms with E-state index in [2.05, 4.69) is 14.9 Å². The van der Waals surface area contributed by atoms with Crippen molar-refractivity contribution in [3.63, 3.8) is 0 Å². The van der Waals surface area contributed by atoms with Crippen molar-refractivity contribution in [2.45, 2.75) is 38.7 Å². The maximum absolute atomic E-state index is 12.7. The summed E-state index contributed by atoms with van der Waals surface area (Å²) in [7, 11) is 0. The molecule has 1 fully saturated rings. The van der Waals surface area contributed by atoms with E-state index in [-0.39, 0.29) is 23.0 Å². The number of fused-ring (bicyclic) bond motifs is 1. The number of aryl methyl sites for hydroxylation is 1. The summed E-state index contributed by atoms with van der Waals surface area (Å²) in [5.74, 6) is 0.814. The molecule has 2 aromatic rings. The van der Waals surface area contributed by atoms with Gasteiger partial charge in [-0.15, -0.1) is 0 Å². The highest BCUT2D eigenvalue weighted by Gasteiger charge is 2.26. The van der Waals surface area contributed by atoms with Crippen LogP contribution in [0.15, 0.2) is 29.1 Å². The molecule has 1 aromatic carbocycles. The predicted octanol–water partition coefficient (Wildman–Crippen LogP) is 2.59. The molecular formula is C23H26ClN3O4. The molecule has 0 radical (unpaired) electrons. The highest BCUT2D eigenvalue weighted by Crippen LogP contribution is 2.23. The van der Waals surface area contributed by atoms with Crippen LogP contribution in [0.4, 0.5) is 0 Å². The van der Waals surface area contributed by atoms with Crippen molar-refractivity contribution in [3.05, 3.63) is 62.3 Å². The van der Waals surface area contributed by atoms with Crippen LogP contribution in [-0.4, -0.2) is 52.7 Å². The van der Waals surface area contributed by atoms with Gasteiger partial charge >= 0.3 is 0 Å². The Morgan fingerprint density at radius 3 is 2.68 bits per heavy atom. The number of hydrogen-bond acceptors (Lipinski definition) is 6. The molecule has 31 heavy (non-hydrogen) atoms. The molecule has 2 aliphatic heterocycles. The molecule has 1 saturated heterocycles. The van der Waals surface area contributed by atoms with E-state index >= 15 is 0 Å². The molecule has 0 bridgehead atoms. The number of halogens is 1. The maximum atomic E-state index is 12.7. The van der Waals surface area contributed by atoms with Gasteiger partial charge in [-0.1, -0.05) is 11.6 Å². The number of aromatic amines is 1. The maximum Gasteiger partial charge on any atom is 0.256 e. The van der Waals surface area contributed by atoms with E-state index in [4.69, 9.17) is 16.3 Å². The molecule has 8 heteroatoms. The molecule has 7 nitrogen and oxygen atoms in total. The van der Waals surface area contributed by atoms with Gasteiger partial charge in [0.15, 0.2) is 5.78 Å². The van der Waals surface area contributed by atoms with Crippen LogP contribution >= 0.6 is 11.6 Å². The first-order chi connectivity index (χ1) is 15.0. The first-order valence-corrected chi connectivity index (χ1v) is 11.1. The molecule has 0 aliphatic carbocycles. The van der Waals surface area contributed by atoms with Gasteiger partial charge in [0.25, 0.3) is 5.56 Å². The molecule has 1 N–H and O–H groups in total. The highest BCUT2D eigenvalue weighted by atomic mass is 35.5. The van der Waals surface area contributed by atoms with E-state index in [0.717, 1.165) is 31.6 Å². The number of likely N-dealkylation sites (tertiary alicyclic amines) is 1. The summed E-state index contributed by atoms with van der Waals surface area (Å²) in [6.07, 6.45) is 2.88. The number of H-pyrrole nitrogens is 1. The SMILES string of the molecule is O=C(CCc1nc2c(c(=O)[nH]1)COCC2)CN1CCC(C(=O)c2ccc(Cl)cc2)CC1. The second-order valence-electron chi connectivity index (χ2n) is 8.20. The molecule has 1 aromatic heterocycles. The van der Waals surface area contributed by atoms with Crippen LogP contribution < -0.4 is 5.56 Å². The molecule has 3 heterocycles. The summed E-state index contributed by atoms with van der Waals surface area (Å²) in [6, 6.07) is 7.02. The lowest BCUT2D eigenvalue weighted by Gasteiger charge is -2.30. The molecule has 164 valence electrons. The van der Waals surface area contributed by atoms with Crippen LogP contribution in [-0.2, 0) is 29.0 Å². The Labute approximate surface area is 185 Å². The average molecular weight is 444 g/mol. The standard InChI is InChI=1S/C23H26ClN3O4/c24-17-3-1-15(2-4-17)22(29)16-7-10-27(11-8-16)13-18(28)5-6-21-25-20-9-12-31-14-19(20)23(30)26-21/h1-4,16H,5-14H2,(H,25,26,30). The van der Waals surface area contributed by atoms with Gasteiger partial charge in [0.1, 0.15) is 11.6 Å². The lowest BCUT2D eigenvalue weighted by atomic mass is 9.89. The Balaban J connectivity index is 1.24. The van der Waals surface area contributed by atoms with Crippen molar-refractivity contribution in [2.24, 2.45) is 5.92 Å². The van der Waals surface area contributed by atoms with Crippen molar-refractivity contribution < 1.29 is 14.3 Å². The topological polar surface area (TPSA) is 92.4 Å². The Morgan fingerprint density at radius 2 is 1.94 bits per heavy atom. The summed E-state index contributed by atoms with van der Waals surface area (Å²) >= 11 is 5.90. The summed E-state index contributed by atoms with van der Waals surface area (Å²) < 4.78 is 5.31. The van der Waals surface area contributed by atoms with Crippen molar-refractivity contribution in [1.29, 1.82) is 0 Å². The van der Waals surface area contributed by atoms with Crippen LogP contribution in [0.2, 0.25) is 5.02 Å². The number of nitrogens with one attached hydrogen (secondary N) is 1. The molecule has 0 saturated carbocycles. The zero-order chi connectivity index (χ0) is 21.8. The predicted molar refractivity (Wildman–Crippen MR) is 116 cm³/mol. The number of Topliss-reactive ketones (excluding diaryl/α,β-unsaturated/α-hetero) is 2. The van der Waals surface area contributed by atoms with E-state index in [0.29, 0.717) is 61.0 Å². The van der Waals surface area contributed by atoms with Crippen molar-refractivity contribution in [2.75, 3.05) is 26.2 Å². The zero-order valence-electron chi connectivity index (χ0n) is 17.4. The van der Waals surface area contributed by atoms with Gasteiger partial charge in [-0.3, -0.25) is 19.3 Å². The highest BCUT2D eigenvalue weighted by molar-refractivity contribution is 6.30. The minimum atomic E-state index is -0.167. The van der Waals surface area contributed by atoms with Crippen LogP contribution in [0.3, 0.4) is 0 Å². The first-order valence-electron chi connectivity index (χ1n) is 10.7. The van der Waals surface area contributed by atoms with Crippen LogP contribution in [0, 0.1) is 5.92 Å². The van der Waals surface area contributed by atoms with E-state index in [1.54, 1.807) is 24.3 Å². The van der Waals surface area contributed by atoms with E-state index < -0.39 is 0 Å². The normalized spacial score (nSPS) is 17.3. The number of nitrogens with zero attached hydrogens (tertiary/aromatic N) is 2. The van der Waals surface area contributed by atoms with Gasteiger partial charge in [-0.05, 0) is 50.2 Å². The molecule has 0 unspecified atom stereocenters. The largest absolute Gasteiger partial charge is 0.376 e. The quantitative estimate of drug-likeness (QED) is 0.661. The molecule has 0 amide bonds. The Hall–Kier alpha value is -2.35. The van der Waals surface area contributed by atoms with Gasteiger partial charge in [0.05, 0.1) is 31.0 Å². The molecule has 4 rings (SSSR count). The molecular weight excluding hydrogens is 418 g/mol. The van der Waals surface area contributed by atoms with Gasteiger partial charge in [0.2, 0.25) is 0 Å². The Bertz CT molecular complexity index is 1010. The number of ether oxygens (including phenoxy) is 1. The zero-order valence-corrected chi connectivity index (χ0v) is 18.1. The smallest absolute Gasteiger partial charge is 0.256 e. The number of carbonyl (C=O) groups excluding carboxylic acids is 2. The van der Waals surface area contributed by atoms with Gasteiger partial charge in [-0.2, -0.15) is 0 Å². The number of carbonyl (C=O) groups is 2. The van der Waals surface area contributed by atoms with E-state index in [1.165, 1.54) is 0 Å². The number of benzene rings is 1. The van der Waals surface area contributed by atoms with Gasteiger partial charge in [-0.25, -0.2) is 4.98 Å². The fraction of sp³-hybridized carbons (Fsp3) is 0.478. The number of aromatic nitrogens is 2. The molecule has 0 spiro atoms. The summed E-state index contributed by atoms with van der Waals surface area (Å²) in [6.45, 7) is 2.68. The lowest BCUT2D eigenvalue weighted by molar-refractivity contribution is -0.120. The molecule has 2 aliphatic rings. The Morgan fingerprint density at radius 1 is 1.19 bits per heavy atom. The third-order valence-electron chi connectivity index (χ3n) is 6.01. The Kier molecular flexibility index (Phi) is 6.95. The average Bonchev–Trinajstić information content (AvgIpc) is 2.78. The number of ketones is 2. The van der Waals surface area contributed by atoms with Crippen LogP contribution in [0.1, 0.15) is 46.7 Å². The minimum absolute atomic E-state index is 0.0127. The van der Waals surface area contributed by atoms with Gasteiger partial charge < -0.3 is 9.72 Å². The van der Waals surface area contributed by atoms with Gasteiger partial charge in [0, 0.05) is 35.8 Å². The van der Waals surface area contributed by atoms with Crippen molar-refractivity contribution in [1.82, 2.24) is 14.9 Å². The molecule has 0 atom stereocenters. The second kappa shape index (κ2) is 9.85. The third kappa shape index (κ3) is 5.47. The van der Waals surface area contributed by atoms with Crippen LogP contribution in [0.25, 0.3) is 0 Å². The number of rotatable bonds is 7. The monoisotopic (exact) mass is 443 g/mol.